The van der Waals surface area contributed by atoms with Gasteiger partial charge in [0.15, 0.2) is 5.82 Å². The summed E-state index contributed by atoms with van der Waals surface area (Å²) in [6.07, 6.45) is 1.37. The lowest BCUT2D eigenvalue weighted by atomic mass is 9.85. The zero-order chi connectivity index (χ0) is 22.9. The molecule has 33 heavy (non-hydrogen) atoms. The van der Waals surface area contributed by atoms with Crippen molar-refractivity contribution >= 4 is 16.7 Å². The second-order valence-corrected chi connectivity index (χ2v) is 8.63. The molecular weight excluding hydrogens is 427 g/mol. The topological polar surface area (TPSA) is 97.6 Å². The second-order valence-electron chi connectivity index (χ2n) is 8.63. The maximum atomic E-state index is 14.7. The third-order valence-electron chi connectivity index (χ3n) is 6.51. The largest absolute Gasteiger partial charge is 0.467 e. The van der Waals surface area contributed by atoms with Crippen molar-refractivity contribution in [2.24, 2.45) is 0 Å². The molecule has 10 heteroatoms. The first-order valence-electron chi connectivity index (χ1n) is 11.3. The Morgan fingerprint density at radius 3 is 2.91 bits per heavy atom. The van der Waals surface area contributed by atoms with E-state index >= 15 is 0 Å². The van der Waals surface area contributed by atoms with Gasteiger partial charge in [-0.25, -0.2) is 9.07 Å². The van der Waals surface area contributed by atoms with Gasteiger partial charge in [-0.15, -0.1) is 0 Å². The number of benzene rings is 1. The SMILES string of the molecule is COc1nc(N2CCO[C@@H](CO)C2)cc(-n2ncc3cc(C)c([C@H]4CCNC[C@H]4F)cc32)n1. The van der Waals surface area contributed by atoms with E-state index in [1.807, 2.05) is 24.0 Å². The van der Waals surface area contributed by atoms with E-state index in [1.165, 1.54) is 7.11 Å². The number of aryl methyl sites for hydroxylation is 1. The van der Waals surface area contributed by atoms with Crippen LogP contribution < -0.4 is 15.0 Å². The van der Waals surface area contributed by atoms with Crippen LogP contribution in [0.25, 0.3) is 16.7 Å². The Morgan fingerprint density at radius 2 is 2.12 bits per heavy atom. The number of morpholine rings is 1. The lowest BCUT2D eigenvalue weighted by Crippen LogP contribution is -2.44. The molecule has 0 unspecified atom stereocenters. The number of methoxy groups -OCH3 is 1. The smallest absolute Gasteiger partial charge is 0.320 e. The van der Waals surface area contributed by atoms with Crippen LogP contribution in [0.2, 0.25) is 0 Å². The van der Waals surface area contributed by atoms with Gasteiger partial charge in [-0.1, -0.05) is 0 Å². The molecule has 2 N–H and O–H groups in total. The van der Waals surface area contributed by atoms with E-state index in [1.54, 1.807) is 10.9 Å². The quantitative estimate of drug-likeness (QED) is 0.599. The molecule has 0 spiro atoms. The molecule has 3 aromatic rings. The Labute approximate surface area is 191 Å². The summed E-state index contributed by atoms with van der Waals surface area (Å²) in [5.41, 5.74) is 2.95. The number of aliphatic hydroxyl groups is 1. The summed E-state index contributed by atoms with van der Waals surface area (Å²) in [5, 5.41) is 18.2. The number of aromatic nitrogens is 4. The molecule has 3 atom stereocenters. The van der Waals surface area contributed by atoms with E-state index in [2.05, 4.69) is 26.4 Å². The average molecular weight is 457 g/mol. The molecule has 2 fully saturated rings. The van der Waals surface area contributed by atoms with Gasteiger partial charge in [0, 0.05) is 37.0 Å². The molecular formula is C23H29FN6O3. The van der Waals surface area contributed by atoms with Gasteiger partial charge in [0.2, 0.25) is 0 Å². The standard InChI is InChI=1S/C23H29FN6O3/c1-14-7-15-10-26-30(20(15)8-18(14)17-3-4-25-11-19(17)24)22-9-21(27-23(28-22)32-2)29-5-6-33-16(12-29)13-31/h7-10,16-17,19,25,31H,3-6,11-13H2,1-2H3/t16-,17-,19-/m1/s1. The number of hydrogen-bond donors (Lipinski definition) is 2. The second kappa shape index (κ2) is 9.20. The molecule has 0 aliphatic carbocycles. The minimum absolute atomic E-state index is 0.0518. The molecule has 0 bridgehead atoms. The number of fused-ring (bicyclic) bond motifs is 1. The van der Waals surface area contributed by atoms with Crippen molar-refractivity contribution in [1.29, 1.82) is 0 Å². The normalized spacial score (nSPS) is 23.8. The van der Waals surface area contributed by atoms with Crippen LogP contribution in [0.4, 0.5) is 10.2 Å². The molecule has 0 radical (unpaired) electrons. The zero-order valence-electron chi connectivity index (χ0n) is 18.9. The molecule has 1 aromatic carbocycles. The fourth-order valence-electron chi connectivity index (χ4n) is 4.76. The fourth-order valence-corrected chi connectivity index (χ4v) is 4.76. The summed E-state index contributed by atoms with van der Waals surface area (Å²) in [7, 11) is 1.53. The van der Waals surface area contributed by atoms with Gasteiger partial charge < -0.3 is 24.8 Å². The molecule has 176 valence electrons. The third kappa shape index (κ3) is 4.25. The molecule has 4 heterocycles. The summed E-state index contributed by atoms with van der Waals surface area (Å²) in [6, 6.07) is 6.20. The van der Waals surface area contributed by atoms with Crippen molar-refractivity contribution in [3.63, 3.8) is 0 Å². The molecule has 2 aliphatic heterocycles. The number of ether oxygens (including phenoxy) is 2. The number of piperidine rings is 1. The van der Waals surface area contributed by atoms with Gasteiger partial charge >= 0.3 is 6.01 Å². The van der Waals surface area contributed by atoms with Crippen LogP contribution in [0.5, 0.6) is 6.01 Å². The number of anilines is 1. The molecule has 0 saturated carbocycles. The predicted octanol–water partition coefficient (Wildman–Crippen LogP) is 1.75. The van der Waals surface area contributed by atoms with Crippen LogP contribution in [0.3, 0.4) is 0 Å². The van der Waals surface area contributed by atoms with Crippen molar-refractivity contribution < 1.29 is 19.0 Å². The Hall–Kier alpha value is -2.82. The van der Waals surface area contributed by atoms with E-state index in [4.69, 9.17) is 9.47 Å². The zero-order valence-corrected chi connectivity index (χ0v) is 18.9. The number of nitrogens with zero attached hydrogens (tertiary/aromatic N) is 5. The summed E-state index contributed by atoms with van der Waals surface area (Å²) in [4.78, 5) is 11.1. The summed E-state index contributed by atoms with van der Waals surface area (Å²) in [6.45, 7) is 4.83. The van der Waals surface area contributed by atoms with Crippen molar-refractivity contribution in [3.05, 3.63) is 35.5 Å². The van der Waals surface area contributed by atoms with Crippen LogP contribution in [-0.2, 0) is 4.74 Å². The van der Waals surface area contributed by atoms with Crippen LogP contribution in [-0.4, -0.2) is 83.6 Å². The molecule has 9 nitrogen and oxygen atoms in total. The van der Waals surface area contributed by atoms with Gasteiger partial charge in [0.25, 0.3) is 0 Å². The first kappa shape index (κ1) is 22.0. The lowest BCUT2D eigenvalue weighted by Gasteiger charge is -2.33. The highest BCUT2D eigenvalue weighted by Crippen LogP contribution is 2.33. The molecule has 5 rings (SSSR count). The fraction of sp³-hybridized carbons (Fsp3) is 0.522. The van der Waals surface area contributed by atoms with Crippen molar-refractivity contribution in [2.75, 3.05) is 51.4 Å². The summed E-state index contributed by atoms with van der Waals surface area (Å²) >= 11 is 0. The van der Waals surface area contributed by atoms with E-state index in [0.29, 0.717) is 37.9 Å². The van der Waals surface area contributed by atoms with Crippen LogP contribution in [0, 0.1) is 6.92 Å². The Bertz CT molecular complexity index is 1140. The average Bonchev–Trinajstić information content (AvgIpc) is 3.26. The van der Waals surface area contributed by atoms with Crippen molar-refractivity contribution in [2.45, 2.75) is 31.5 Å². The predicted molar refractivity (Wildman–Crippen MR) is 122 cm³/mol. The van der Waals surface area contributed by atoms with E-state index < -0.39 is 6.17 Å². The number of nitrogens with one attached hydrogen (secondary N) is 1. The molecule has 0 amide bonds. The van der Waals surface area contributed by atoms with Crippen LogP contribution in [0.15, 0.2) is 24.4 Å². The van der Waals surface area contributed by atoms with Gasteiger partial charge in [-0.2, -0.15) is 15.1 Å². The van der Waals surface area contributed by atoms with Gasteiger partial charge in [-0.05, 0) is 43.1 Å². The van der Waals surface area contributed by atoms with Crippen molar-refractivity contribution in [3.8, 4) is 11.8 Å². The highest BCUT2D eigenvalue weighted by Gasteiger charge is 2.28. The Balaban J connectivity index is 1.56. The minimum atomic E-state index is -0.919. The van der Waals surface area contributed by atoms with Crippen LogP contribution >= 0.6 is 0 Å². The Morgan fingerprint density at radius 1 is 1.27 bits per heavy atom. The third-order valence-corrected chi connectivity index (χ3v) is 6.51. The minimum Gasteiger partial charge on any atom is -0.467 e. The number of rotatable bonds is 5. The Kier molecular flexibility index (Phi) is 6.13. The molecule has 2 aliphatic rings. The van der Waals surface area contributed by atoms with Crippen LogP contribution in [0.1, 0.15) is 23.5 Å². The van der Waals surface area contributed by atoms with Gasteiger partial charge in [0.05, 0.1) is 38.1 Å². The highest BCUT2D eigenvalue weighted by molar-refractivity contribution is 5.82. The number of halogens is 1. The highest BCUT2D eigenvalue weighted by atomic mass is 19.1. The number of alkyl halides is 1. The van der Waals surface area contributed by atoms with Gasteiger partial charge in [0.1, 0.15) is 12.0 Å². The number of aliphatic hydroxyl groups excluding tert-OH is 1. The van der Waals surface area contributed by atoms with E-state index in [0.717, 1.165) is 35.0 Å². The monoisotopic (exact) mass is 456 g/mol. The van der Waals surface area contributed by atoms with Gasteiger partial charge in [-0.3, -0.25) is 0 Å². The summed E-state index contributed by atoms with van der Waals surface area (Å²) < 4.78 is 27.4. The van der Waals surface area contributed by atoms with E-state index in [9.17, 15) is 9.50 Å². The number of hydrogen-bond acceptors (Lipinski definition) is 8. The molecule has 2 aromatic heterocycles. The van der Waals surface area contributed by atoms with Crippen molar-refractivity contribution in [1.82, 2.24) is 25.1 Å². The first-order valence-corrected chi connectivity index (χ1v) is 11.3. The maximum Gasteiger partial charge on any atom is 0.320 e. The van der Waals surface area contributed by atoms with E-state index in [-0.39, 0.29) is 24.6 Å². The molecule has 2 saturated heterocycles. The first-order chi connectivity index (χ1) is 16.1. The lowest BCUT2D eigenvalue weighted by molar-refractivity contribution is 0.00333. The maximum absolute atomic E-state index is 14.7. The summed E-state index contributed by atoms with van der Waals surface area (Å²) in [5.74, 6) is 1.10.